The number of nitrogens with one attached hydrogen (secondary N) is 3. The van der Waals surface area contributed by atoms with E-state index in [0.29, 0.717) is 31.5 Å². The van der Waals surface area contributed by atoms with Crippen LogP contribution in [0, 0.1) is 12.8 Å². The van der Waals surface area contributed by atoms with Gasteiger partial charge in [-0.1, -0.05) is 36.2 Å². The fourth-order valence-corrected chi connectivity index (χ4v) is 3.43. The van der Waals surface area contributed by atoms with Gasteiger partial charge in [0.1, 0.15) is 0 Å². The van der Waals surface area contributed by atoms with Crippen LogP contribution in [0.3, 0.4) is 0 Å². The highest BCUT2D eigenvalue weighted by Crippen LogP contribution is 2.25. The van der Waals surface area contributed by atoms with Crippen molar-refractivity contribution < 1.29 is 8.42 Å². The molecule has 1 saturated carbocycles. The summed E-state index contributed by atoms with van der Waals surface area (Å²) < 4.78 is 26.6. The van der Waals surface area contributed by atoms with Crippen LogP contribution in [-0.4, -0.2) is 40.3 Å². The van der Waals surface area contributed by atoms with E-state index in [0.717, 1.165) is 18.4 Å². The van der Waals surface area contributed by atoms with E-state index in [2.05, 4.69) is 51.5 Å². The lowest BCUT2D eigenvalue weighted by atomic mass is 9.86. The zero-order valence-corrected chi connectivity index (χ0v) is 15.3. The maximum Gasteiger partial charge on any atom is 0.213 e. The minimum Gasteiger partial charge on any atom is -0.355 e. The van der Waals surface area contributed by atoms with Gasteiger partial charge in [-0.15, -0.1) is 0 Å². The molecule has 24 heavy (non-hydrogen) atoms. The van der Waals surface area contributed by atoms with Gasteiger partial charge in [0, 0.05) is 26.7 Å². The molecule has 0 aromatic heterocycles. The maximum atomic E-state index is 11.9. The fraction of sp³-hybridized carbons (Fsp3) is 0.588. The van der Waals surface area contributed by atoms with Crippen molar-refractivity contribution in [2.24, 2.45) is 10.9 Å². The van der Waals surface area contributed by atoms with Crippen molar-refractivity contribution >= 4 is 16.0 Å². The van der Waals surface area contributed by atoms with E-state index in [4.69, 9.17) is 0 Å². The van der Waals surface area contributed by atoms with Crippen molar-refractivity contribution in [2.75, 3.05) is 25.9 Å². The first kappa shape index (κ1) is 18.7. The Morgan fingerprint density at radius 2 is 1.92 bits per heavy atom. The Balaban J connectivity index is 1.67. The molecule has 6 nitrogen and oxygen atoms in total. The second kappa shape index (κ2) is 9.03. The molecular formula is C17H28N4O2S. The van der Waals surface area contributed by atoms with Crippen LogP contribution in [0.5, 0.6) is 0 Å². The van der Waals surface area contributed by atoms with Gasteiger partial charge >= 0.3 is 0 Å². The Kier molecular flexibility index (Phi) is 7.05. The van der Waals surface area contributed by atoms with Gasteiger partial charge in [0.05, 0.1) is 5.75 Å². The Morgan fingerprint density at radius 3 is 2.50 bits per heavy atom. The molecule has 134 valence electrons. The number of hydrogen-bond donors (Lipinski definition) is 3. The first-order valence-electron chi connectivity index (χ1n) is 8.46. The van der Waals surface area contributed by atoms with Gasteiger partial charge < -0.3 is 10.6 Å². The third-order valence-electron chi connectivity index (χ3n) is 4.28. The Hall–Kier alpha value is -1.60. The second-order valence-corrected chi connectivity index (χ2v) is 8.23. The van der Waals surface area contributed by atoms with Crippen molar-refractivity contribution in [3.8, 4) is 0 Å². The predicted octanol–water partition coefficient (Wildman–Crippen LogP) is 1.38. The van der Waals surface area contributed by atoms with Crippen molar-refractivity contribution in [2.45, 2.75) is 32.7 Å². The molecule has 1 aromatic rings. The van der Waals surface area contributed by atoms with Crippen molar-refractivity contribution in [1.82, 2.24) is 15.4 Å². The number of guanidine groups is 1. The molecule has 1 aromatic carbocycles. The summed E-state index contributed by atoms with van der Waals surface area (Å²) in [5, 5.41) is 6.23. The van der Waals surface area contributed by atoms with E-state index in [1.54, 1.807) is 7.05 Å². The maximum absolute atomic E-state index is 11.9. The van der Waals surface area contributed by atoms with Gasteiger partial charge in [0.15, 0.2) is 5.96 Å². The smallest absolute Gasteiger partial charge is 0.213 e. The molecule has 1 aliphatic carbocycles. The molecule has 3 N–H and O–H groups in total. The molecular weight excluding hydrogens is 324 g/mol. The lowest BCUT2D eigenvalue weighted by Gasteiger charge is -2.25. The highest BCUT2D eigenvalue weighted by atomic mass is 32.2. The van der Waals surface area contributed by atoms with Crippen LogP contribution >= 0.6 is 0 Å². The van der Waals surface area contributed by atoms with Gasteiger partial charge in [0.2, 0.25) is 10.0 Å². The Labute approximate surface area is 145 Å². The number of benzene rings is 1. The number of aryl methyl sites for hydroxylation is 1. The molecule has 1 aliphatic rings. The van der Waals surface area contributed by atoms with Gasteiger partial charge in [-0.25, -0.2) is 13.1 Å². The van der Waals surface area contributed by atoms with Gasteiger partial charge in [0.25, 0.3) is 0 Å². The Bertz CT molecular complexity index is 637. The van der Waals surface area contributed by atoms with E-state index in [1.807, 2.05) is 0 Å². The molecule has 7 heteroatoms. The summed E-state index contributed by atoms with van der Waals surface area (Å²) in [6.07, 6.45) is 3.49. The van der Waals surface area contributed by atoms with Crippen LogP contribution in [0.1, 0.15) is 30.4 Å². The third-order valence-corrected chi connectivity index (χ3v) is 5.63. The SMILES string of the molecule is CN=C(NCCS(=O)(=O)NCC1CCC1)NCc1ccc(C)cc1. The number of sulfonamides is 1. The van der Waals surface area contributed by atoms with E-state index < -0.39 is 10.0 Å². The highest BCUT2D eigenvalue weighted by molar-refractivity contribution is 7.89. The summed E-state index contributed by atoms with van der Waals surface area (Å²) in [7, 11) is -1.55. The van der Waals surface area contributed by atoms with Crippen LogP contribution in [0.2, 0.25) is 0 Å². The van der Waals surface area contributed by atoms with Gasteiger partial charge in [-0.3, -0.25) is 4.99 Å². The van der Waals surface area contributed by atoms with Gasteiger partial charge in [-0.05, 0) is 31.2 Å². The quantitative estimate of drug-likeness (QED) is 0.488. The molecule has 0 unspecified atom stereocenters. The lowest BCUT2D eigenvalue weighted by Crippen LogP contribution is -2.41. The number of rotatable bonds is 8. The average Bonchev–Trinajstić information content (AvgIpc) is 2.50. The highest BCUT2D eigenvalue weighted by Gasteiger charge is 2.19. The monoisotopic (exact) mass is 352 g/mol. The topological polar surface area (TPSA) is 82.6 Å². The summed E-state index contributed by atoms with van der Waals surface area (Å²) in [5.74, 6) is 1.17. The first-order chi connectivity index (χ1) is 11.5. The zero-order chi connectivity index (χ0) is 17.4. The molecule has 0 bridgehead atoms. The molecule has 0 amide bonds. The van der Waals surface area contributed by atoms with E-state index in [1.165, 1.54) is 12.0 Å². The average molecular weight is 353 g/mol. The van der Waals surface area contributed by atoms with Crippen molar-refractivity contribution in [3.05, 3.63) is 35.4 Å². The molecule has 0 heterocycles. The summed E-state index contributed by atoms with van der Waals surface area (Å²) in [6.45, 7) is 3.60. The number of hydrogen-bond acceptors (Lipinski definition) is 3. The van der Waals surface area contributed by atoms with E-state index in [9.17, 15) is 8.42 Å². The summed E-state index contributed by atoms with van der Waals surface area (Å²) >= 11 is 0. The minimum atomic E-state index is -3.22. The summed E-state index contributed by atoms with van der Waals surface area (Å²) in [4.78, 5) is 4.12. The largest absolute Gasteiger partial charge is 0.355 e. The molecule has 1 fully saturated rings. The molecule has 0 aliphatic heterocycles. The lowest BCUT2D eigenvalue weighted by molar-refractivity contribution is 0.316. The van der Waals surface area contributed by atoms with Crippen LogP contribution in [0.4, 0.5) is 0 Å². The molecule has 0 radical (unpaired) electrons. The van der Waals surface area contributed by atoms with Crippen LogP contribution in [-0.2, 0) is 16.6 Å². The molecule has 2 rings (SSSR count). The second-order valence-electron chi connectivity index (χ2n) is 6.30. The summed E-state index contributed by atoms with van der Waals surface area (Å²) in [6, 6.07) is 8.25. The Morgan fingerprint density at radius 1 is 1.21 bits per heavy atom. The standard InChI is InChI=1S/C17H28N4O2S/c1-14-6-8-16(9-7-14)12-20-17(18-2)19-10-11-24(22,23)21-13-15-4-3-5-15/h6-9,15,21H,3-5,10-13H2,1-2H3,(H2,18,19,20). The van der Waals surface area contributed by atoms with Crippen LogP contribution in [0.15, 0.2) is 29.3 Å². The van der Waals surface area contributed by atoms with Crippen LogP contribution < -0.4 is 15.4 Å². The van der Waals surface area contributed by atoms with Crippen molar-refractivity contribution in [3.63, 3.8) is 0 Å². The first-order valence-corrected chi connectivity index (χ1v) is 10.1. The minimum absolute atomic E-state index is 0.0466. The normalized spacial score (nSPS) is 15.8. The molecule has 0 atom stereocenters. The fourth-order valence-electron chi connectivity index (χ4n) is 2.43. The molecule has 0 saturated heterocycles. The number of aliphatic imine (C=N–C) groups is 1. The predicted molar refractivity (Wildman–Crippen MR) is 98.5 cm³/mol. The number of nitrogens with zero attached hydrogens (tertiary/aromatic N) is 1. The zero-order valence-electron chi connectivity index (χ0n) is 14.5. The van der Waals surface area contributed by atoms with E-state index >= 15 is 0 Å². The summed E-state index contributed by atoms with van der Waals surface area (Å²) in [5.41, 5.74) is 2.37. The molecule has 0 spiro atoms. The van der Waals surface area contributed by atoms with Crippen LogP contribution in [0.25, 0.3) is 0 Å². The van der Waals surface area contributed by atoms with E-state index in [-0.39, 0.29) is 5.75 Å². The van der Waals surface area contributed by atoms with Gasteiger partial charge in [-0.2, -0.15) is 0 Å². The third kappa shape index (κ3) is 6.49. The van der Waals surface area contributed by atoms with Crippen molar-refractivity contribution in [1.29, 1.82) is 0 Å².